The molecule has 0 bridgehead atoms. The number of ether oxygens (including phenoxy) is 2. The van der Waals surface area contributed by atoms with Crippen molar-refractivity contribution in [3.05, 3.63) is 46.9 Å². The Balaban J connectivity index is 1.91. The minimum absolute atomic E-state index is 0.253. The van der Waals surface area contributed by atoms with E-state index in [-0.39, 0.29) is 5.38 Å². The number of fused-ring (bicyclic) bond motifs is 1. The molecule has 0 fully saturated rings. The Bertz CT molecular complexity index is 647. The summed E-state index contributed by atoms with van der Waals surface area (Å²) in [6, 6.07) is 7.86. The number of hydrogen-bond acceptors (Lipinski definition) is 3. The second-order valence-electron chi connectivity index (χ2n) is 5.66. The van der Waals surface area contributed by atoms with Crippen LogP contribution in [0.5, 0.6) is 11.5 Å². The fourth-order valence-corrected chi connectivity index (χ4v) is 2.86. The average Bonchev–Trinajstić information content (AvgIpc) is 2.69. The standard InChI is InChI=1S/C17H19ClO3/c1-10-8-19-15-5-4-13(7-16(15)20-9-10)17(18)14-6-11(2)21-12(14)3/h4-7,10,17H,8-9H2,1-3H3. The quantitative estimate of drug-likeness (QED) is 0.758. The van der Waals surface area contributed by atoms with E-state index in [1.165, 1.54) is 0 Å². The molecule has 0 aliphatic carbocycles. The highest BCUT2D eigenvalue weighted by Gasteiger charge is 2.20. The van der Waals surface area contributed by atoms with E-state index in [1.54, 1.807) is 0 Å². The fraction of sp³-hybridized carbons (Fsp3) is 0.412. The van der Waals surface area contributed by atoms with Crippen LogP contribution in [0.4, 0.5) is 0 Å². The largest absolute Gasteiger partial charge is 0.489 e. The molecule has 21 heavy (non-hydrogen) atoms. The molecular formula is C17H19ClO3. The van der Waals surface area contributed by atoms with Crippen LogP contribution >= 0.6 is 11.6 Å². The van der Waals surface area contributed by atoms with E-state index in [9.17, 15) is 0 Å². The summed E-state index contributed by atoms with van der Waals surface area (Å²) in [4.78, 5) is 0. The highest BCUT2D eigenvalue weighted by molar-refractivity contribution is 6.22. The first-order valence-electron chi connectivity index (χ1n) is 7.15. The molecule has 0 saturated heterocycles. The molecule has 2 heterocycles. The Morgan fingerprint density at radius 3 is 2.48 bits per heavy atom. The van der Waals surface area contributed by atoms with Crippen LogP contribution in [0, 0.1) is 19.8 Å². The van der Waals surface area contributed by atoms with Crippen LogP contribution in [-0.4, -0.2) is 13.2 Å². The molecule has 0 saturated carbocycles. The third-order valence-electron chi connectivity index (χ3n) is 3.66. The number of benzene rings is 1. The maximum Gasteiger partial charge on any atom is 0.161 e. The van der Waals surface area contributed by atoms with E-state index in [0.29, 0.717) is 19.1 Å². The van der Waals surface area contributed by atoms with Crippen LogP contribution in [0.1, 0.15) is 34.9 Å². The van der Waals surface area contributed by atoms with Crippen molar-refractivity contribution in [2.24, 2.45) is 5.92 Å². The van der Waals surface area contributed by atoms with E-state index in [0.717, 1.165) is 34.1 Å². The highest BCUT2D eigenvalue weighted by Crippen LogP contribution is 2.38. The summed E-state index contributed by atoms with van der Waals surface area (Å²) in [6.07, 6.45) is 0. The van der Waals surface area contributed by atoms with Crippen molar-refractivity contribution in [3.8, 4) is 11.5 Å². The maximum absolute atomic E-state index is 6.61. The molecule has 0 amide bonds. The van der Waals surface area contributed by atoms with Gasteiger partial charge in [-0.25, -0.2) is 0 Å². The normalized spacial score (nSPS) is 19.1. The Labute approximate surface area is 129 Å². The van der Waals surface area contributed by atoms with Gasteiger partial charge in [0.05, 0.1) is 18.6 Å². The zero-order valence-corrected chi connectivity index (χ0v) is 13.2. The minimum atomic E-state index is -0.253. The van der Waals surface area contributed by atoms with Gasteiger partial charge in [0.15, 0.2) is 11.5 Å². The summed E-state index contributed by atoms with van der Waals surface area (Å²) >= 11 is 6.61. The lowest BCUT2D eigenvalue weighted by Gasteiger charge is -2.13. The SMILES string of the molecule is Cc1cc(C(Cl)c2ccc3c(c2)OCC(C)CO3)c(C)o1. The molecule has 0 spiro atoms. The molecule has 1 aromatic carbocycles. The summed E-state index contributed by atoms with van der Waals surface area (Å²) in [5.41, 5.74) is 1.98. The van der Waals surface area contributed by atoms with Crippen LogP contribution in [0.3, 0.4) is 0 Å². The summed E-state index contributed by atoms with van der Waals surface area (Å²) in [5, 5.41) is -0.253. The van der Waals surface area contributed by atoms with Crippen molar-refractivity contribution >= 4 is 11.6 Å². The topological polar surface area (TPSA) is 31.6 Å². The molecule has 0 radical (unpaired) electrons. The fourth-order valence-electron chi connectivity index (χ4n) is 2.51. The summed E-state index contributed by atoms with van der Waals surface area (Å²) in [6.45, 7) is 7.30. The number of alkyl halides is 1. The smallest absolute Gasteiger partial charge is 0.161 e. The molecule has 1 aliphatic heterocycles. The summed E-state index contributed by atoms with van der Waals surface area (Å²) in [5.74, 6) is 3.66. The lowest BCUT2D eigenvalue weighted by atomic mass is 10.0. The molecule has 2 unspecified atom stereocenters. The lowest BCUT2D eigenvalue weighted by Crippen LogP contribution is -2.12. The van der Waals surface area contributed by atoms with Crippen molar-refractivity contribution in [3.63, 3.8) is 0 Å². The van der Waals surface area contributed by atoms with Crippen molar-refractivity contribution in [1.29, 1.82) is 0 Å². The molecule has 2 atom stereocenters. The van der Waals surface area contributed by atoms with Crippen LogP contribution in [0.2, 0.25) is 0 Å². The molecule has 2 aromatic rings. The Hall–Kier alpha value is -1.61. The third-order valence-corrected chi connectivity index (χ3v) is 4.15. The van der Waals surface area contributed by atoms with Gasteiger partial charge in [0.2, 0.25) is 0 Å². The molecular weight excluding hydrogens is 288 g/mol. The molecule has 1 aliphatic rings. The lowest BCUT2D eigenvalue weighted by molar-refractivity contribution is 0.228. The number of hydrogen-bond donors (Lipinski definition) is 0. The zero-order valence-electron chi connectivity index (χ0n) is 12.5. The van der Waals surface area contributed by atoms with Gasteiger partial charge in [0.25, 0.3) is 0 Å². The van der Waals surface area contributed by atoms with Crippen molar-refractivity contribution in [2.75, 3.05) is 13.2 Å². The summed E-state index contributed by atoms with van der Waals surface area (Å²) < 4.78 is 17.1. The predicted octanol–water partition coefficient (Wildman–Crippen LogP) is 4.63. The Kier molecular flexibility index (Phi) is 3.85. The molecule has 1 aromatic heterocycles. The highest BCUT2D eigenvalue weighted by atomic mass is 35.5. The van der Waals surface area contributed by atoms with Crippen molar-refractivity contribution in [1.82, 2.24) is 0 Å². The first kappa shape index (κ1) is 14.3. The van der Waals surface area contributed by atoms with E-state index in [4.69, 9.17) is 25.5 Å². The summed E-state index contributed by atoms with van der Waals surface area (Å²) in [7, 11) is 0. The van der Waals surface area contributed by atoms with Gasteiger partial charge in [-0.2, -0.15) is 0 Å². The van der Waals surface area contributed by atoms with Crippen molar-refractivity contribution < 1.29 is 13.9 Å². The molecule has 4 heteroatoms. The number of rotatable bonds is 2. The van der Waals surface area contributed by atoms with Gasteiger partial charge in [-0.15, -0.1) is 11.6 Å². The Morgan fingerprint density at radius 2 is 1.81 bits per heavy atom. The van der Waals surface area contributed by atoms with E-state index >= 15 is 0 Å². The molecule has 3 rings (SSSR count). The van der Waals surface area contributed by atoms with E-state index in [2.05, 4.69) is 6.92 Å². The van der Waals surface area contributed by atoms with Crippen LogP contribution < -0.4 is 9.47 Å². The number of furan rings is 1. The van der Waals surface area contributed by atoms with Crippen LogP contribution in [0.15, 0.2) is 28.7 Å². The second kappa shape index (κ2) is 5.64. The van der Waals surface area contributed by atoms with Gasteiger partial charge in [-0.3, -0.25) is 0 Å². The van der Waals surface area contributed by atoms with Gasteiger partial charge in [0.1, 0.15) is 11.5 Å². The van der Waals surface area contributed by atoms with Gasteiger partial charge >= 0.3 is 0 Å². The second-order valence-corrected chi connectivity index (χ2v) is 6.10. The maximum atomic E-state index is 6.61. The van der Waals surface area contributed by atoms with Crippen LogP contribution in [-0.2, 0) is 0 Å². The zero-order chi connectivity index (χ0) is 15.0. The van der Waals surface area contributed by atoms with Crippen LogP contribution in [0.25, 0.3) is 0 Å². The van der Waals surface area contributed by atoms with E-state index < -0.39 is 0 Å². The van der Waals surface area contributed by atoms with Crippen molar-refractivity contribution in [2.45, 2.75) is 26.1 Å². The monoisotopic (exact) mass is 306 g/mol. The predicted molar refractivity (Wildman–Crippen MR) is 82.5 cm³/mol. The number of halogens is 1. The first-order valence-corrected chi connectivity index (χ1v) is 7.59. The molecule has 3 nitrogen and oxygen atoms in total. The molecule has 112 valence electrons. The third kappa shape index (κ3) is 2.88. The van der Waals surface area contributed by atoms with Gasteiger partial charge < -0.3 is 13.9 Å². The van der Waals surface area contributed by atoms with Gasteiger partial charge in [0, 0.05) is 11.5 Å². The van der Waals surface area contributed by atoms with Gasteiger partial charge in [-0.1, -0.05) is 13.0 Å². The number of aryl methyl sites for hydroxylation is 2. The molecule has 0 N–H and O–H groups in total. The van der Waals surface area contributed by atoms with Gasteiger partial charge in [-0.05, 0) is 37.6 Å². The average molecular weight is 307 g/mol. The Morgan fingerprint density at radius 1 is 1.10 bits per heavy atom. The van der Waals surface area contributed by atoms with E-state index in [1.807, 2.05) is 38.1 Å². The first-order chi connectivity index (χ1) is 10.0. The minimum Gasteiger partial charge on any atom is -0.489 e.